The molecular weight excluding hydrogens is 284 g/mol. The number of hydrogen-bond acceptors (Lipinski definition) is 4. The number of nitrogens with zero attached hydrogens (tertiary/aromatic N) is 4. The zero-order chi connectivity index (χ0) is 12.3. The van der Waals surface area contributed by atoms with E-state index >= 15 is 0 Å². The second kappa shape index (κ2) is 5.27. The minimum atomic E-state index is 0.201. The molecule has 0 bridgehead atoms. The summed E-state index contributed by atoms with van der Waals surface area (Å²) >= 11 is 3.46. The van der Waals surface area contributed by atoms with E-state index in [2.05, 4.69) is 31.2 Å². The van der Waals surface area contributed by atoms with E-state index in [1.54, 1.807) is 18.0 Å². The van der Waals surface area contributed by atoms with E-state index in [0.717, 1.165) is 11.3 Å². The van der Waals surface area contributed by atoms with Crippen LogP contribution in [0, 0.1) is 0 Å². The number of aromatic nitrogens is 4. The molecule has 0 aliphatic carbocycles. The molecule has 2 aromatic heterocycles. The highest BCUT2D eigenvalue weighted by Crippen LogP contribution is 2.19. The Morgan fingerprint density at radius 3 is 3.00 bits per heavy atom. The lowest BCUT2D eigenvalue weighted by Gasteiger charge is -2.05. The molecule has 0 aliphatic heterocycles. The Kier molecular flexibility index (Phi) is 3.73. The van der Waals surface area contributed by atoms with Gasteiger partial charge in [-0.15, -0.1) is 5.10 Å². The number of methoxy groups -OCH3 is 1. The maximum absolute atomic E-state index is 5.19. The first-order valence-electron chi connectivity index (χ1n) is 5.22. The van der Waals surface area contributed by atoms with E-state index in [9.17, 15) is 0 Å². The lowest BCUT2D eigenvalue weighted by molar-refractivity contribution is 0.390. The van der Waals surface area contributed by atoms with E-state index < -0.39 is 0 Å². The molecule has 5 nitrogen and oxygen atoms in total. The SMILES string of the molecule is COc1ncccc1Cn1cc(C(C)Br)nn1. The summed E-state index contributed by atoms with van der Waals surface area (Å²) in [5, 5.41) is 8.13. The quantitative estimate of drug-likeness (QED) is 0.812. The molecule has 0 radical (unpaired) electrons. The van der Waals surface area contributed by atoms with Crippen LogP contribution in [0.4, 0.5) is 0 Å². The van der Waals surface area contributed by atoms with E-state index in [1.165, 1.54) is 0 Å². The fourth-order valence-electron chi connectivity index (χ4n) is 1.48. The van der Waals surface area contributed by atoms with Crippen molar-refractivity contribution >= 4 is 15.9 Å². The minimum absolute atomic E-state index is 0.201. The summed E-state index contributed by atoms with van der Waals surface area (Å²) in [6.45, 7) is 2.61. The Morgan fingerprint density at radius 1 is 1.53 bits per heavy atom. The Labute approximate surface area is 108 Å². The highest BCUT2D eigenvalue weighted by Gasteiger charge is 2.08. The van der Waals surface area contributed by atoms with Crippen molar-refractivity contribution < 1.29 is 4.74 Å². The molecule has 0 aromatic carbocycles. The molecule has 0 amide bonds. The predicted molar refractivity (Wildman–Crippen MR) is 67.3 cm³/mol. The van der Waals surface area contributed by atoms with Crippen LogP contribution < -0.4 is 4.74 Å². The smallest absolute Gasteiger partial charge is 0.218 e. The monoisotopic (exact) mass is 296 g/mol. The first-order chi connectivity index (χ1) is 8.20. The van der Waals surface area contributed by atoms with Crippen LogP contribution in [0.2, 0.25) is 0 Å². The first-order valence-corrected chi connectivity index (χ1v) is 6.14. The number of hydrogen-bond donors (Lipinski definition) is 0. The van der Waals surface area contributed by atoms with Gasteiger partial charge in [-0.2, -0.15) is 0 Å². The molecule has 6 heteroatoms. The van der Waals surface area contributed by atoms with Crippen molar-refractivity contribution in [1.29, 1.82) is 0 Å². The molecule has 1 unspecified atom stereocenters. The highest BCUT2D eigenvalue weighted by molar-refractivity contribution is 9.09. The van der Waals surface area contributed by atoms with Gasteiger partial charge in [-0.3, -0.25) is 0 Å². The van der Waals surface area contributed by atoms with Crippen LogP contribution in [0.5, 0.6) is 5.88 Å². The molecular formula is C11H13BrN4O. The summed E-state index contributed by atoms with van der Waals surface area (Å²) in [5.74, 6) is 0.622. The third-order valence-electron chi connectivity index (χ3n) is 2.34. The molecule has 0 saturated carbocycles. The average molecular weight is 297 g/mol. The molecule has 0 fully saturated rings. The Bertz CT molecular complexity index is 498. The van der Waals surface area contributed by atoms with Gasteiger partial charge in [0.1, 0.15) is 0 Å². The van der Waals surface area contributed by atoms with E-state index in [4.69, 9.17) is 4.74 Å². The fraction of sp³-hybridized carbons (Fsp3) is 0.364. The van der Waals surface area contributed by atoms with Crippen molar-refractivity contribution in [2.24, 2.45) is 0 Å². The summed E-state index contributed by atoms with van der Waals surface area (Å²) in [7, 11) is 1.61. The summed E-state index contributed by atoms with van der Waals surface area (Å²) in [6.07, 6.45) is 3.61. The maximum Gasteiger partial charge on any atom is 0.218 e. The van der Waals surface area contributed by atoms with Crippen LogP contribution >= 0.6 is 15.9 Å². The predicted octanol–water partition coefficient (Wildman–Crippen LogP) is 2.19. The van der Waals surface area contributed by atoms with E-state index in [-0.39, 0.29) is 4.83 Å². The first kappa shape index (κ1) is 12.0. The van der Waals surface area contributed by atoms with Crippen molar-refractivity contribution in [3.63, 3.8) is 0 Å². The second-order valence-corrected chi connectivity index (χ2v) is 5.00. The van der Waals surface area contributed by atoms with Crippen LogP contribution in [0.25, 0.3) is 0 Å². The molecule has 90 valence electrons. The van der Waals surface area contributed by atoms with Crippen molar-refractivity contribution in [3.8, 4) is 5.88 Å². The van der Waals surface area contributed by atoms with Crippen molar-refractivity contribution in [1.82, 2.24) is 20.0 Å². The van der Waals surface area contributed by atoms with Gasteiger partial charge in [0.05, 0.1) is 24.2 Å². The van der Waals surface area contributed by atoms with Crippen LogP contribution in [0.1, 0.15) is 23.0 Å². The van der Waals surface area contributed by atoms with Crippen LogP contribution in [0.15, 0.2) is 24.5 Å². The third kappa shape index (κ3) is 2.82. The number of halogens is 1. The van der Waals surface area contributed by atoms with Gasteiger partial charge in [0.15, 0.2) is 0 Å². The van der Waals surface area contributed by atoms with Crippen LogP contribution in [-0.4, -0.2) is 27.1 Å². The standard InChI is InChI=1S/C11H13BrN4O/c1-8(12)10-7-16(15-14-10)6-9-4-3-5-13-11(9)17-2/h3-5,7-8H,6H2,1-2H3. The molecule has 17 heavy (non-hydrogen) atoms. The topological polar surface area (TPSA) is 52.8 Å². The number of pyridine rings is 1. The molecule has 0 N–H and O–H groups in total. The molecule has 0 saturated heterocycles. The third-order valence-corrected chi connectivity index (χ3v) is 2.81. The van der Waals surface area contributed by atoms with Crippen molar-refractivity contribution in [3.05, 3.63) is 35.8 Å². The molecule has 1 atom stereocenters. The van der Waals surface area contributed by atoms with Crippen LogP contribution in [0.3, 0.4) is 0 Å². The van der Waals surface area contributed by atoms with Crippen LogP contribution in [-0.2, 0) is 6.54 Å². The van der Waals surface area contributed by atoms with Gasteiger partial charge >= 0.3 is 0 Å². The van der Waals surface area contributed by atoms with Gasteiger partial charge in [0.2, 0.25) is 5.88 Å². The van der Waals surface area contributed by atoms with Gasteiger partial charge in [-0.05, 0) is 13.0 Å². The molecule has 2 rings (SSSR count). The van der Waals surface area contributed by atoms with Crippen molar-refractivity contribution in [2.45, 2.75) is 18.3 Å². The second-order valence-electron chi connectivity index (χ2n) is 3.63. The maximum atomic E-state index is 5.19. The van der Waals surface area contributed by atoms with E-state index in [0.29, 0.717) is 12.4 Å². The number of ether oxygens (including phenoxy) is 1. The Morgan fingerprint density at radius 2 is 2.35 bits per heavy atom. The Balaban J connectivity index is 2.19. The molecule has 2 aromatic rings. The zero-order valence-corrected chi connectivity index (χ0v) is 11.3. The molecule has 2 heterocycles. The lowest BCUT2D eigenvalue weighted by Crippen LogP contribution is -2.03. The summed E-state index contributed by atoms with van der Waals surface area (Å²) in [6, 6.07) is 3.84. The van der Waals surface area contributed by atoms with Gasteiger partial charge in [0, 0.05) is 18.0 Å². The minimum Gasteiger partial charge on any atom is -0.481 e. The Hall–Kier alpha value is -1.43. The van der Waals surface area contributed by atoms with Gasteiger partial charge in [-0.25, -0.2) is 9.67 Å². The molecule has 0 aliphatic rings. The highest BCUT2D eigenvalue weighted by atomic mass is 79.9. The van der Waals surface area contributed by atoms with E-state index in [1.807, 2.05) is 25.3 Å². The summed E-state index contributed by atoms with van der Waals surface area (Å²) in [4.78, 5) is 4.34. The van der Waals surface area contributed by atoms with Crippen molar-refractivity contribution in [2.75, 3.05) is 7.11 Å². The van der Waals surface area contributed by atoms with Gasteiger partial charge in [-0.1, -0.05) is 27.2 Å². The normalized spacial score (nSPS) is 12.4. The zero-order valence-electron chi connectivity index (χ0n) is 9.67. The summed E-state index contributed by atoms with van der Waals surface area (Å²) < 4.78 is 6.96. The number of alkyl halides is 1. The fourth-order valence-corrected chi connectivity index (χ4v) is 1.69. The summed E-state index contributed by atoms with van der Waals surface area (Å²) in [5.41, 5.74) is 1.89. The largest absolute Gasteiger partial charge is 0.481 e. The molecule has 0 spiro atoms. The number of rotatable bonds is 4. The lowest BCUT2D eigenvalue weighted by atomic mass is 10.2. The average Bonchev–Trinajstić information content (AvgIpc) is 2.78. The van der Waals surface area contributed by atoms with Gasteiger partial charge in [0.25, 0.3) is 0 Å². The van der Waals surface area contributed by atoms with Gasteiger partial charge < -0.3 is 4.74 Å².